The first-order valence-corrected chi connectivity index (χ1v) is 10.1. The summed E-state index contributed by atoms with van der Waals surface area (Å²) in [5, 5.41) is 9.31. The van der Waals surface area contributed by atoms with Crippen molar-refractivity contribution in [1.82, 2.24) is 4.98 Å². The maximum absolute atomic E-state index is 6.25. The highest BCUT2D eigenvalue weighted by Crippen LogP contribution is 2.40. The van der Waals surface area contributed by atoms with Crippen molar-refractivity contribution in [2.45, 2.75) is 0 Å². The number of furan rings is 1. The Morgan fingerprint density at radius 1 is 0.633 bits per heavy atom. The quantitative estimate of drug-likeness (QED) is 0.316. The van der Waals surface area contributed by atoms with Crippen molar-refractivity contribution in [3.8, 4) is 5.75 Å². The van der Waals surface area contributed by atoms with Gasteiger partial charge in [0.05, 0.1) is 18.1 Å². The van der Waals surface area contributed by atoms with Crippen molar-refractivity contribution in [3.63, 3.8) is 0 Å². The van der Waals surface area contributed by atoms with Crippen molar-refractivity contribution in [3.05, 3.63) is 78.9 Å². The highest BCUT2D eigenvalue weighted by Gasteiger charge is 2.15. The molecule has 0 spiro atoms. The van der Waals surface area contributed by atoms with Crippen LogP contribution in [0.15, 0.2) is 83.3 Å². The van der Waals surface area contributed by atoms with Crippen LogP contribution in [0.1, 0.15) is 0 Å². The normalized spacial score (nSPS) is 12.2. The molecule has 3 heteroatoms. The van der Waals surface area contributed by atoms with Crippen LogP contribution < -0.4 is 4.74 Å². The Hall–Kier alpha value is -3.98. The number of H-pyrrole nitrogens is 1. The molecule has 142 valence electrons. The molecule has 0 aliphatic rings. The average Bonchev–Trinajstić information content (AvgIpc) is 3.32. The summed E-state index contributed by atoms with van der Waals surface area (Å²) in [6.45, 7) is 0. The first-order valence-electron chi connectivity index (χ1n) is 10.1. The molecule has 0 saturated heterocycles. The van der Waals surface area contributed by atoms with Gasteiger partial charge in [-0.1, -0.05) is 48.5 Å². The third-order valence-corrected chi connectivity index (χ3v) is 6.25. The van der Waals surface area contributed by atoms with Crippen LogP contribution >= 0.6 is 0 Å². The van der Waals surface area contributed by atoms with E-state index in [0.717, 1.165) is 54.9 Å². The molecule has 0 atom stereocenters. The van der Waals surface area contributed by atoms with Gasteiger partial charge in [0, 0.05) is 38.4 Å². The summed E-state index contributed by atoms with van der Waals surface area (Å²) in [5.74, 6) is 0.891. The molecule has 0 radical (unpaired) electrons. The van der Waals surface area contributed by atoms with E-state index in [-0.39, 0.29) is 0 Å². The van der Waals surface area contributed by atoms with E-state index in [0.29, 0.717) is 0 Å². The van der Waals surface area contributed by atoms with Gasteiger partial charge in [-0.3, -0.25) is 0 Å². The van der Waals surface area contributed by atoms with Crippen LogP contribution in [0.2, 0.25) is 0 Å². The molecular formula is C27H17NO2. The predicted octanol–water partition coefficient (Wildman–Crippen LogP) is 7.54. The summed E-state index contributed by atoms with van der Waals surface area (Å²) in [6.07, 6.45) is 0. The van der Waals surface area contributed by atoms with Crippen LogP contribution in [0.5, 0.6) is 5.75 Å². The van der Waals surface area contributed by atoms with Crippen molar-refractivity contribution in [1.29, 1.82) is 0 Å². The fourth-order valence-corrected chi connectivity index (χ4v) is 4.83. The van der Waals surface area contributed by atoms with E-state index in [4.69, 9.17) is 9.15 Å². The molecule has 0 fully saturated rings. The van der Waals surface area contributed by atoms with Crippen molar-refractivity contribution >= 4 is 65.3 Å². The van der Waals surface area contributed by atoms with E-state index >= 15 is 0 Å². The molecule has 2 aromatic heterocycles. The number of fused-ring (bicyclic) bond motifs is 9. The predicted molar refractivity (Wildman–Crippen MR) is 125 cm³/mol. The van der Waals surface area contributed by atoms with Crippen LogP contribution in [-0.4, -0.2) is 12.1 Å². The third kappa shape index (κ3) is 1.99. The highest BCUT2D eigenvalue weighted by atomic mass is 16.5. The zero-order valence-corrected chi connectivity index (χ0v) is 16.3. The molecule has 1 N–H and O–H groups in total. The summed E-state index contributed by atoms with van der Waals surface area (Å²) in [4.78, 5) is 3.63. The lowest BCUT2D eigenvalue weighted by atomic mass is 10.0. The lowest BCUT2D eigenvalue weighted by Gasteiger charge is -2.06. The second-order valence-electron chi connectivity index (χ2n) is 7.86. The lowest BCUT2D eigenvalue weighted by Crippen LogP contribution is -1.85. The van der Waals surface area contributed by atoms with E-state index in [9.17, 15) is 0 Å². The SMILES string of the molecule is COc1cc2c3cc4c(cc3[nH]c2c2ccccc12)oc1cc2ccccc2cc14. The number of hydrogen-bond acceptors (Lipinski definition) is 2. The molecule has 0 amide bonds. The minimum absolute atomic E-state index is 0.891. The number of nitrogens with one attached hydrogen (secondary N) is 1. The van der Waals surface area contributed by atoms with Crippen LogP contribution in [0.25, 0.3) is 65.3 Å². The molecule has 2 heterocycles. The lowest BCUT2D eigenvalue weighted by molar-refractivity contribution is 0.420. The number of hydrogen-bond donors (Lipinski definition) is 1. The fourth-order valence-electron chi connectivity index (χ4n) is 4.83. The van der Waals surface area contributed by atoms with Gasteiger partial charge in [0.1, 0.15) is 16.9 Å². The highest BCUT2D eigenvalue weighted by molar-refractivity contribution is 6.22. The Morgan fingerprint density at radius 3 is 2.17 bits per heavy atom. The van der Waals surface area contributed by atoms with Crippen molar-refractivity contribution < 1.29 is 9.15 Å². The van der Waals surface area contributed by atoms with Crippen molar-refractivity contribution in [2.75, 3.05) is 7.11 Å². The van der Waals surface area contributed by atoms with Gasteiger partial charge < -0.3 is 14.1 Å². The molecule has 7 aromatic rings. The fraction of sp³-hybridized carbons (Fsp3) is 0.0370. The zero-order valence-electron chi connectivity index (χ0n) is 16.3. The molecular weight excluding hydrogens is 370 g/mol. The molecule has 0 unspecified atom stereocenters. The van der Waals surface area contributed by atoms with E-state index in [1.165, 1.54) is 16.2 Å². The summed E-state index contributed by atoms with van der Waals surface area (Å²) in [5.41, 5.74) is 4.02. The van der Waals surface area contributed by atoms with Crippen molar-refractivity contribution in [2.24, 2.45) is 0 Å². The van der Waals surface area contributed by atoms with Gasteiger partial charge in [-0.25, -0.2) is 0 Å². The number of rotatable bonds is 1. The summed E-state index contributed by atoms with van der Waals surface area (Å²) >= 11 is 0. The topological polar surface area (TPSA) is 38.2 Å². The average molecular weight is 387 g/mol. The molecule has 3 nitrogen and oxygen atoms in total. The van der Waals surface area contributed by atoms with Crippen LogP contribution in [-0.2, 0) is 0 Å². The molecule has 0 aliphatic heterocycles. The van der Waals surface area contributed by atoms with Gasteiger partial charge in [-0.15, -0.1) is 0 Å². The van der Waals surface area contributed by atoms with E-state index in [1.807, 2.05) is 6.07 Å². The molecule has 30 heavy (non-hydrogen) atoms. The first-order chi connectivity index (χ1) is 14.8. The van der Waals surface area contributed by atoms with E-state index in [2.05, 4.69) is 77.8 Å². The Morgan fingerprint density at radius 2 is 1.33 bits per heavy atom. The van der Waals surface area contributed by atoms with Gasteiger partial charge in [0.25, 0.3) is 0 Å². The Kier molecular flexibility index (Phi) is 2.94. The van der Waals surface area contributed by atoms with Gasteiger partial charge >= 0.3 is 0 Å². The van der Waals surface area contributed by atoms with Crippen LogP contribution in [0.4, 0.5) is 0 Å². The molecule has 0 saturated carbocycles. The summed E-state index contributed by atoms with van der Waals surface area (Å²) in [6, 6.07) is 27.6. The number of methoxy groups -OCH3 is 1. The maximum Gasteiger partial charge on any atom is 0.137 e. The minimum Gasteiger partial charge on any atom is -0.496 e. The number of aromatic amines is 1. The summed E-state index contributed by atoms with van der Waals surface area (Å²) in [7, 11) is 1.73. The van der Waals surface area contributed by atoms with Crippen LogP contribution in [0.3, 0.4) is 0 Å². The molecule has 7 rings (SSSR count). The monoisotopic (exact) mass is 387 g/mol. The molecule has 0 bridgehead atoms. The Bertz CT molecular complexity index is 1790. The molecule has 5 aromatic carbocycles. The largest absolute Gasteiger partial charge is 0.496 e. The van der Waals surface area contributed by atoms with Gasteiger partial charge in [0.2, 0.25) is 0 Å². The number of ether oxygens (including phenoxy) is 1. The maximum atomic E-state index is 6.25. The second kappa shape index (κ2) is 5.55. The van der Waals surface area contributed by atoms with Crippen LogP contribution in [0, 0.1) is 0 Å². The minimum atomic E-state index is 0.891. The third-order valence-electron chi connectivity index (χ3n) is 6.25. The Labute approximate surface area is 171 Å². The second-order valence-corrected chi connectivity index (χ2v) is 7.86. The van der Waals surface area contributed by atoms with E-state index < -0.39 is 0 Å². The zero-order chi connectivity index (χ0) is 19.8. The van der Waals surface area contributed by atoms with E-state index in [1.54, 1.807) is 7.11 Å². The van der Waals surface area contributed by atoms with Gasteiger partial charge in [-0.05, 0) is 35.0 Å². The number of benzene rings is 5. The Balaban J connectivity index is 1.65. The van der Waals surface area contributed by atoms with Gasteiger partial charge in [-0.2, -0.15) is 0 Å². The first kappa shape index (κ1) is 15.9. The molecule has 0 aliphatic carbocycles. The number of aromatic nitrogens is 1. The standard InChI is InChI=1S/C27H17NO2/c1-29-24-13-22-19-12-21-20-10-15-6-2-3-7-16(15)11-25(20)30-26(21)14-23(19)28-27(22)18-9-5-4-8-17(18)24/h2-14,28H,1H3. The smallest absolute Gasteiger partial charge is 0.137 e. The summed E-state index contributed by atoms with van der Waals surface area (Å²) < 4.78 is 12.0. The van der Waals surface area contributed by atoms with Gasteiger partial charge in [0.15, 0.2) is 0 Å².